The first kappa shape index (κ1) is 25.4. The number of hydrogen-bond acceptors (Lipinski definition) is 4. The molecular formula is C23H28Cl2N2O3S. The molecule has 0 aliphatic carbocycles. The molecule has 0 unspecified atom stereocenters. The maximum Gasteiger partial charge on any atom is 0.242 e. The van der Waals surface area contributed by atoms with Gasteiger partial charge in [0.15, 0.2) is 0 Å². The van der Waals surface area contributed by atoms with Crippen molar-refractivity contribution in [2.24, 2.45) is 0 Å². The van der Waals surface area contributed by atoms with Crippen LogP contribution in [-0.2, 0) is 21.9 Å². The first-order valence-corrected chi connectivity index (χ1v) is 12.0. The summed E-state index contributed by atoms with van der Waals surface area (Å²) in [6, 6.07) is 12.3. The predicted molar refractivity (Wildman–Crippen MR) is 129 cm³/mol. The molecule has 2 rings (SSSR count). The Kier molecular flexibility index (Phi) is 10.5. The Balaban J connectivity index is 2.12. The van der Waals surface area contributed by atoms with Crippen LogP contribution in [0.3, 0.4) is 0 Å². The highest BCUT2D eigenvalue weighted by Crippen LogP contribution is 2.25. The lowest BCUT2D eigenvalue weighted by Crippen LogP contribution is -2.49. The van der Waals surface area contributed by atoms with Crippen LogP contribution in [0.25, 0.3) is 0 Å². The summed E-state index contributed by atoms with van der Waals surface area (Å²) >= 11 is 13.6. The van der Waals surface area contributed by atoms with Crippen molar-refractivity contribution in [1.29, 1.82) is 0 Å². The Bertz CT molecular complexity index is 878. The van der Waals surface area contributed by atoms with Gasteiger partial charge in [-0.25, -0.2) is 0 Å². The van der Waals surface area contributed by atoms with E-state index in [1.807, 2.05) is 44.2 Å². The molecule has 0 fully saturated rings. The van der Waals surface area contributed by atoms with E-state index in [0.29, 0.717) is 35.3 Å². The van der Waals surface area contributed by atoms with Gasteiger partial charge in [0.2, 0.25) is 11.8 Å². The Morgan fingerprint density at radius 3 is 2.42 bits per heavy atom. The van der Waals surface area contributed by atoms with Gasteiger partial charge in [-0.1, -0.05) is 48.3 Å². The number of hydrogen-bond donors (Lipinski definition) is 1. The third-order valence-corrected chi connectivity index (χ3v) is 6.30. The molecule has 1 N–H and O–H groups in total. The van der Waals surface area contributed by atoms with Gasteiger partial charge in [0.25, 0.3) is 0 Å². The van der Waals surface area contributed by atoms with E-state index in [1.54, 1.807) is 24.1 Å². The first-order valence-electron chi connectivity index (χ1n) is 10.1. The fourth-order valence-electron chi connectivity index (χ4n) is 3.11. The topological polar surface area (TPSA) is 58.6 Å². The fraction of sp³-hybridized carbons (Fsp3) is 0.391. The molecule has 1 atom stereocenters. The molecule has 0 aromatic heterocycles. The second-order valence-electron chi connectivity index (χ2n) is 6.92. The number of methoxy groups -OCH3 is 1. The number of thioether (sulfide) groups is 1. The molecule has 2 aromatic rings. The van der Waals surface area contributed by atoms with Gasteiger partial charge < -0.3 is 15.0 Å². The standard InChI is InChI=1S/C23H28Cl2N2O3S/c1-4-21(23(29)26-5-2)27(13-16-6-10-19(30-3)11-7-16)22(28)15-31-14-17-8-9-18(24)12-20(17)25/h6-12,21H,4-5,13-15H2,1-3H3,(H,26,29)/t21-/m1/s1. The lowest BCUT2D eigenvalue weighted by molar-refractivity contribution is -0.139. The number of benzene rings is 2. The van der Waals surface area contributed by atoms with Crippen molar-refractivity contribution in [1.82, 2.24) is 10.2 Å². The molecule has 168 valence electrons. The van der Waals surface area contributed by atoms with Crippen LogP contribution in [0.1, 0.15) is 31.4 Å². The van der Waals surface area contributed by atoms with E-state index in [-0.39, 0.29) is 17.6 Å². The second-order valence-corrected chi connectivity index (χ2v) is 8.75. The Labute approximate surface area is 198 Å². The van der Waals surface area contributed by atoms with E-state index >= 15 is 0 Å². The summed E-state index contributed by atoms with van der Waals surface area (Å²) in [6.45, 7) is 4.64. The highest BCUT2D eigenvalue weighted by molar-refractivity contribution is 7.99. The molecule has 0 bridgehead atoms. The van der Waals surface area contributed by atoms with E-state index in [9.17, 15) is 9.59 Å². The van der Waals surface area contributed by atoms with Crippen molar-refractivity contribution in [3.05, 3.63) is 63.6 Å². The molecule has 5 nitrogen and oxygen atoms in total. The van der Waals surface area contributed by atoms with Crippen LogP contribution in [0.5, 0.6) is 5.75 Å². The molecule has 0 aliphatic heterocycles. The van der Waals surface area contributed by atoms with Gasteiger partial charge in [0.1, 0.15) is 11.8 Å². The molecular weight excluding hydrogens is 455 g/mol. The van der Waals surface area contributed by atoms with Crippen LogP contribution >= 0.6 is 35.0 Å². The molecule has 0 heterocycles. The zero-order valence-corrected chi connectivity index (χ0v) is 20.3. The van der Waals surface area contributed by atoms with E-state index in [4.69, 9.17) is 27.9 Å². The number of halogens is 2. The lowest BCUT2D eigenvalue weighted by atomic mass is 10.1. The van der Waals surface area contributed by atoms with Gasteiger partial charge >= 0.3 is 0 Å². The quantitative estimate of drug-likeness (QED) is 0.479. The fourth-order valence-corrected chi connectivity index (χ4v) is 4.58. The van der Waals surface area contributed by atoms with Crippen LogP contribution in [0.4, 0.5) is 0 Å². The van der Waals surface area contributed by atoms with E-state index in [1.165, 1.54) is 11.8 Å². The monoisotopic (exact) mass is 482 g/mol. The average Bonchev–Trinajstić information content (AvgIpc) is 2.75. The van der Waals surface area contributed by atoms with Crippen molar-refractivity contribution in [2.45, 2.75) is 38.6 Å². The van der Waals surface area contributed by atoms with Crippen LogP contribution in [0.15, 0.2) is 42.5 Å². The molecule has 0 spiro atoms. The summed E-state index contributed by atoms with van der Waals surface area (Å²) in [7, 11) is 1.61. The van der Waals surface area contributed by atoms with Gasteiger partial charge in [-0.05, 0) is 48.7 Å². The summed E-state index contributed by atoms with van der Waals surface area (Å²) in [4.78, 5) is 27.4. The summed E-state index contributed by atoms with van der Waals surface area (Å²) in [6.07, 6.45) is 0.529. The van der Waals surface area contributed by atoms with Gasteiger partial charge in [-0.3, -0.25) is 9.59 Å². The molecule has 8 heteroatoms. The molecule has 0 aliphatic rings. The zero-order chi connectivity index (χ0) is 22.8. The number of ether oxygens (including phenoxy) is 1. The Morgan fingerprint density at radius 1 is 1.13 bits per heavy atom. The van der Waals surface area contributed by atoms with Gasteiger partial charge in [0, 0.05) is 28.9 Å². The predicted octanol–water partition coefficient (Wildman–Crippen LogP) is 5.18. The number of nitrogens with one attached hydrogen (secondary N) is 1. The van der Waals surface area contributed by atoms with Crippen LogP contribution < -0.4 is 10.1 Å². The maximum absolute atomic E-state index is 13.2. The average molecular weight is 483 g/mol. The number of carbonyl (C=O) groups excluding carboxylic acids is 2. The van der Waals surface area contributed by atoms with Gasteiger partial charge in [-0.2, -0.15) is 0 Å². The number of carbonyl (C=O) groups is 2. The van der Waals surface area contributed by atoms with Crippen molar-refractivity contribution in [3.8, 4) is 5.75 Å². The second kappa shape index (κ2) is 12.8. The smallest absolute Gasteiger partial charge is 0.242 e. The summed E-state index contributed by atoms with van der Waals surface area (Å²) < 4.78 is 5.21. The van der Waals surface area contributed by atoms with E-state index < -0.39 is 6.04 Å². The third kappa shape index (κ3) is 7.63. The highest BCUT2D eigenvalue weighted by atomic mass is 35.5. The zero-order valence-electron chi connectivity index (χ0n) is 18.0. The van der Waals surface area contributed by atoms with Crippen molar-refractivity contribution in [2.75, 3.05) is 19.4 Å². The molecule has 31 heavy (non-hydrogen) atoms. The summed E-state index contributed by atoms with van der Waals surface area (Å²) in [5.74, 6) is 1.33. The number of likely N-dealkylation sites (N-methyl/N-ethyl adjacent to an activating group) is 1. The van der Waals surface area contributed by atoms with Gasteiger partial charge in [0.05, 0.1) is 12.9 Å². The highest BCUT2D eigenvalue weighted by Gasteiger charge is 2.28. The number of nitrogens with zero attached hydrogens (tertiary/aromatic N) is 1. The minimum Gasteiger partial charge on any atom is -0.497 e. The van der Waals surface area contributed by atoms with Gasteiger partial charge in [-0.15, -0.1) is 11.8 Å². The SMILES string of the molecule is CCNC(=O)[C@@H](CC)N(Cc1ccc(OC)cc1)C(=O)CSCc1ccc(Cl)cc1Cl. The third-order valence-electron chi connectivity index (χ3n) is 4.75. The summed E-state index contributed by atoms with van der Waals surface area (Å²) in [5, 5.41) is 4.00. The number of rotatable bonds is 11. The first-order chi connectivity index (χ1) is 14.9. The molecule has 2 amide bonds. The minimum atomic E-state index is -0.533. The summed E-state index contributed by atoms with van der Waals surface area (Å²) in [5.41, 5.74) is 1.85. The largest absolute Gasteiger partial charge is 0.497 e. The molecule has 0 saturated heterocycles. The maximum atomic E-state index is 13.2. The Morgan fingerprint density at radius 2 is 1.84 bits per heavy atom. The van der Waals surface area contributed by atoms with E-state index in [0.717, 1.165) is 16.9 Å². The molecule has 0 saturated carbocycles. The van der Waals surface area contributed by atoms with Crippen LogP contribution in [-0.4, -0.2) is 42.2 Å². The van der Waals surface area contributed by atoms with Crippen molar-refractivity contribution >= 4 is 46.8 Å². The van der Waals surface area contributed by atoms with Crippen LogP contribution in [0.2, 0.25) is 10.0 Å². The van der Waals surface area contributed by atoms with Crippen molar-refractivity contribution < 1.29 is 14.3 Å². The Hall–Kier alpha value is -1.89. The number of amides is 2. The van der Waals surface area contributed by atoms with E-state index in [2.05, 4.69) is 5.32 Å². The van der Waals surface area contributed by atoms with Crippen LogP contribution in [0, 0.1) is 0 Å². The molecule has 0 radical (unpaired) electrons. The molecule has 2 aromatic carbocycles. The lowest BCUT2D eigenvalue weighted by Gasteiger charge is -2.30. The minimum absolute atomic E-state index is 0.0935. The normalized spacial score (nSPS) is 11.6. The van der Waals surface area contributed by atoms with Crippen molar-refractivity contribution in [3.63, 3.8) is 0 Å².